The minimum Gasteiger partial charge on any atom is -0.0680 e. The highest BCUT2D eigenvalue weighted by molar-refractivity contribution is 7.67. The van der Waals surface area contributed by atoms with Crippen molar-refractivity contribution in [1.82, 2.24) is 0 Å². The van der Waals surface area contributed by atoms with E-state index in [4.69, 9.17) is 0 Å². The van der Waals surface area contributed by atoms with E-state index >= 15 is 0 Å². The Morgan fingerprint density at radius 2 is 0.947 bits per heavy atom. The third-order valence-corrected chi connectivity index (χ3v) is 13.9. The second-order valence-electron chi connectivity index (χ2n) is 13.8. The van der Waals surface area contributed by atoms with Gasteiger partial charge in [0.25, 0.3) is 0 Å². The van der Waals surface area contributed by atoms with Crippen molar-refractivity contribution in [3.63, 3.8) is 0 Å². The average molecular weight is 533 g/mol. The lowest BCUT2D eigenvalue weighted by molar-refractivity contribution is 0.487. The van der Waals surface area contributed by atoms with Crippen molar-refractivity contribution in [2.75, 3.05) is 0 Å². The van der Waals surface area contributed by atoms with Crippen LogP contribution in [0.25, 0.3) is 11.1 Å². The summed E-state index contributed by atoms with van der Waals surface area (Å²) in [5.41, 5.74) is 16.1. The van der Waals surface area contributed by atoms with Crippen LogP contribution in [0.15, 0.2) is 12.1 Å². The fourth-order valence-electron chi connectivity index (χ4n) is 7.55. The van der Waals surface area contributed by atoms with E-state index in [9.17, 15) is 0 Å². The van der Waals surface area contributed by atoms with Crippen LogP contribution in [0.3, 0.4) is 0 Å². The molecule has 38 heavy (non-hydrogen) atoms. The molecule has 0 aliphatic heterocycles. The van der Waals surface area contributed by atoms with E-state index in [0.29, 0.717) is 17.8 Å². The van der Waals surface area contributed by atoms with Crippen LogP contribution in [0.4, 0.5) is 0 Å². The molecule has 1 heteroatoms. The summed E-state index contributed by atoms with van der Waals surface area (Å²) in [6.45, 7) is 24.3. The second-order valence-corrected chi connectivity index (χ2v) is 16.5. The lowest BCUT2D eigenvalue weighted by atomic mass is 9.79. The Morgan fingerprint density at radius 3 is 1.34 bits per heavy atom. The van der Waals surface area contributed by atoms with Crippen LogP contribution in [-0.2, 0) is 0 Å². The van der Waals surface area contributed by atoms with Crippen molar-refractivity contribution in [3.8, 4) is 11.1 Å². The lowest BCUT2D eigenvalue weighted by Crippen LogP contribution is -2.30. The monoisotopic (exact) mass is 532 g/mol. The fourth-order valence-corrected chi connectivity index (χ4v) is 11.8. The summed E-state index contributed by atoms with van der Waals surface area (Å²) in [5.74, 6) is 1.60. The van der Waals surface area contributed by atoms with Gasteiger partial charge in [0.1, 0.15) is 0 Å². The van der Waals surface area contributed by atoms with E-state index in [0.717, 1.165) is 11.3 Å². The molecule has 2 fully saturated rings. The summed E-state index contributed by atoms with van der Waals surface area (Å²) >= 11 is 0. The molecule has 0 radical (unpaired) electrons. The van der Waals surface area contributed by atoms with Crippen molar-refractivity contribution in [2.45, 2.75) is 163 Å². The standard InChI is InChI=1S/C37H57P/c1-23(2)30-21-33(24(3)4)36(34(22-30)25(5)6)35-28(9)26(7)27(8)29(10)37(35)38(31-17-13-11-14-18-31)32-19-15-12-16-20-32/h21-25,31-32H,11-20H2,1-10H3. The molecule has 2 aromatic rings. The largest absolute Gasteiger partial charge is 0.0680 e. The first-order chi connectivity index (χ1) is 18.0. The van der Waals surface area contributed by atoms with Crippen LogP contribution in [0.1, 0.15) is 162 Å². The molecule has 2 aliphatic carbocycles. The van der Waals surface area contributed by atoms with Crippen molar-refractivity contribution in [2.24, 2.45) is 0 Å². The Balaban J connectivity index is 2.11. The molecular weight excluding hydrogens is 475 g/mol. The molecule has 0 unspecified atom stereocenters. The van der Waals surface area contributed by atoms with Crippen LogP contribution in [0.2, 0.25) is 0 Å². The topological polar surface area (TPSA) is 0 Å². The summed E-state index contributed by atoms with van der Waals surface area (Å²) in [5, 5.41) is 1.83. The number of hydrogen-bond donors (Lipinski definition) is 0. The zero-order valence-corrected chi connectivity index (χ0v) is 27.5. The van der Waals surface area contributed by atoms with E-state index in [-0.39, 0.29) is 7.92 Å². The predicted molar refractivity (Wildman–Crippen MR) is 173 cm³/mol. The minimum atomic E-state index is -0.186. The second kappa shape index (κ2) is 12.6. The Hall–Kier alpha value is -1.13. The molecule has 4 rings (SSSR count). The van der Waals surface area contributed by atoms with Crippen LogP contribution in [0.5, 0.6) is 0 Å². The molecule has 0 saturated heterocycles. The molecule has 0 N–H and O–H groups in total. The van der Waals surface area contributed by atoms with Gasteiger partial charge in [0.2, 0.25) is 0 Å². The molecule has 0 nitrogen and oxygen atoms in total. The van der Waals surface area contributed by atoms with Gasteiger partial charge in [0.15, 0.2) is 0 Å². The van der Waals surface area contributed by atoms with E-state index in [1.807, 2.05) is 5.30 Å². The smallest absolute Gasteiger partial charge is 0.00662 e. The number of benzene rings is 2. The van der Waals surface area contributed by atoms with E-state index in [2.05, 4.69) is 81.4 Å². The molecule has 0 heterocycles. The van der Waals surface area contributed by atoms with Crippen molar-refractivity contribution >= 4 is 13.2 Å². The Labute approximate surface area is 237 Å². The number of rotatable bonds is 7. The zero-order valence-electron chi connectivity index (χ0n) is 26.6. The Kier molecular flexibility index (Phi) is 9.88. The summed E-state index contributed by atoms with van der Waals surface area (Å²) in [7, 11) is -0.186. The summed E-state index contributed by atoms with van der Waals surface area (Å²) < 4.78 is 0. The van der Waals surface area contributed by atoms with Gasteiger partial charge in [0.05, 0.1) is 0 Å². The minimum absolute atomic E-state index is 0.186. The zero-order chi connectivity index (χ0) is 27.7. The SMILES string of the molecule is Cc1c(C)c(C)c(P(C2CCCCC2)C2CCCCC2)c(-c2c(C(C)C)cc(C(C)C)cc2C(C)C)c1C. The highest BCUT2D eigenvalue weighted by Crippen LogP contribution is 2.58. The molecule has 0 spiro atoms. The molecule has 2 aromatic carbocycles. The van der Waals surface area contributed by atoms with Gasteiger partial charge in [-0.05, 0) is 138 Å². The van der Waals surface area contributed by atoms with Crippen LogP contribution in [0, 0.1) is 27.7 Å². The van der Waals surface area contributed by atoms with Gasteiger partial charge in [-0.25, -0.2) is 0 Å². The first-order valence-electron chi connectivity index (χ1n) is 16.1. The quantitative estimate of drug-likeness (QED) is 0.311. The van der Waals surface area contributed by atoms with Gasteiger partial charge in [-0.3, -0.25) is 0 Å². The maximum absolute atomic E-state index is 2.59. The van der Waals surface area contributed by atoms with Gasteiger partial charge in [-0.2, -0.15) is 0 Å². The Morgan fingerprint density at radius 1 is 0.526 bits per heavy atom. The molecule has 0 bridgehead atoms. The van der Waals surface area contributed by atoms with Crippen LogP contribution < -0.4 is 5.30 Å². The van der Waals surface area contributed by atoms with E-state index in [1.165, 1.54) is 75.3 Å². The summed E-state index contributed by atoms with van der Waals surface area (Å²) in [4.78, 5) is 0. The van der Waals surface area contributed by atoms with E-state index in [1.54, 1.807) is 38.9 Å². The normalized spacial score (nSPS) is 17.9. The fraction of sp³-hybridized carbons (Fsp3) is 0.676. The number of hydrogen-bond acceptors (Lipinski definition) is 0. The molecule has 210 valence electrons. The first-order valence-corrected chi connectivity index (χ1v) is 17.6. The Bertz CT molecular complexity index is 1060. The highest BCUT2D eigenvalue weighted by Gasteiger charge is 2.37. The molecule has 2 aliphatic rings. The highest BCUT2D eigenvalue weighted by atomic mass is 31.1. The third-order valence-electron chi connectivity index (χ3n) is 10.2. The van der Waals surface area contributed by atoms with Crippen molar-refractivity contribution < 1.29 is 0 Å². The lowest BCUT2D eigenvalue weighted by Gasteiger charge is -2.42. The maximum Gasteiger partial charge on any atom is -0.00662 e. The van der Waals surface area contributed by atoms with Gasteiger partial charge in [-0.15, -0.1) is 0 Å². The van der Waals surface area contributed by atoms with Crippen LogP contribution >= 0.6 is 7.92 Å². The van der Waals surface area contributed by atoms with Crippen LogP contribution in [-0.4, -0.2) is 11.3 Å². The average Bonchev–Trinajstić information content (AvgIpc) is 2.91. The van der Waals surface area contributed by atoms with Gasteiger partial charge in [-0.1, -0.05) is 100 Å². The van der Waals surface area contributed by atoms with Crippen molar-refractivity contribution in [1.29, 1.82) is 0 Å². The van der Waals surface area contributed by atoms with Gasteiger partial charge in [0, 0.05) is 0 Å². The predicted octanol–water partition coefficient (Wildman–Crippen LogP) is 11.7. The molecule has 0 amide bonds. The summed E-state index contributed by atoms with van der Waals surface area (Å²) in [6, 6.07) is 5.18. The molecule has 2 saturated carbocycles. The molecular formula is C37H57P. The first kappa shape index (κ1) is 29.8. The van der Waals surface area contributed by atoms with E-state index < -0.39 is 0 Å². The van der Waals surface area contributed by atoms with Crippen molar-refractivity contribution in [3.05, 3.63) is 51.1 Å². The third kappa shape index (κ3) is 5.82. The van der Waals surface area contributed by atoms with Gasteiger partial charge >= 0.3 is 0 Å². The molecule has 0 atom stereocenters. The summed E-state index contributed by atoms with van der Waals surface area (Å²) in [6.07, 6.45) is 14.6. The van der Waals surface area contributed by atoms with Gasteiger partial charge < -0.3 is 0 Å². The molecule has 0 aromatic heterocycles. The maximum atomic E-state index is 2.59.